The van der Waals surface area contributed by atoms with Crippen molar-refractivity contribution in [2.75, 3.05) is 13.1 Å². The fourth-order valence-corrected chi connectivity index (χ4v) is 2.71. The lowest BCUT2D eigenvalue weighted by Gasteiger charge is -2.38. The van der Waals surface area contributed by atoms with Gasteiger partial charge < -0.3 is 5.11 Å². The summed E-state index contributed by atoms with van der Waals surface area (Å²) < 4.78 is 0. The monoisotopic (exact) mass is 241 g/mol. The van der Waals surface area contributed by atoms with Gasteiger partial charge in [-0.05, 0) is 45.1 Å². The second-order valence-electron chi connectivity index (χ2n) is 6.03. The summed E-state index contributed by atoms with van der Waals surface area (Å²) in [4.78, 5) is 13.4. The first-order chi connectivity index (χ1) is 7.87. The predicted molar refractivity (Wildman–Crippen MR) is 70.1 cm³/mol. The van der Waals surface area contributed by atoms with Crippen LogP contribution in [0.2, 0.25) is 0 Å². The Balaban J connectivity index is 2.55. The van der Waals surface area contributed by atoms with E-state index < -0.39 is 11.5 Å². The molecule has 17 heavy (non-hydrogen) atoms. The Hall–Kier alpha value is -0.570. The highest BCUT2D eigenvalue weighted by molar-refractivity contribution is 5.77. The van der Waals surface area contributed by atoms with Gasteiger partial charge in [-0.15, -0.1) is 0 Å². The zero-order valence-corrected chi connectivity index (χ0v) is 11.7. The van der Waals surface area contributed by atoms with E-state index in [1.54, 1.807) is 0 Å². The molecule has 1 aliphatic rings. The van der Waals surface area contributed by atoms with Crippen molar-refractivity contribution in [3.05, 3.63) is 0 Å². The van der Waals surface area contributed by atoms with Crippen LogP contribution in [0.25, 0.3) is 0 Å². The van der Waals surface area contributed by atoms with Crippen molar-refractivity contribution in [1.82, 2.24) is 4.90 Å². The van der Waals surface area contributed by atoms with Gasteiger partial charge in [0.2, 0.25) is 0 Å². The van der Waals surface area contributed by atoms with Crippen LogP contribution in [0, 0.1) is 11.8 Å². The van der Waals surface area contributed by atoms with Gasteiger partial charge in [0.25, 0.3) is 0 Å². The van der Waals surface area contributed by atoms with Crippen LogP contribution >= 0.6 is 0 Å². The standard InChI is InChI=1S/C14H27NO2/c1-5-15(14(3,4)13(16)17)10-12-8-6-11(2)7-9-12/h11-12H,5-10H2,1-4H3,(H,16,17). The highest BCUT2D eigenvalue weighted by Crippen LogP contribution is 2.30. The predicted octanol–water partition coefficient (Wildman–Crippen LogP) is 3.00. The molecule has 0 aliphatic heterocycles. The van der Waals surface area contributed by atoms with Crippen LogP contribution in [0.3, 0.4) is 0 Å². The third-order valence-corrected chi connectivity index (χ3v) is 4.31. The molecule has 0 unspecified atom stereocenters. The lowest BCUT2D eigenvalue weighted by molar-refractivity contribution is -0.149. The van der Waals surface area contributed by atoms with Crippen molar-refractivity contribution >= 4 is 5.97 Å². The van der Waals surface area contributed by atoms with Crippen molar-refractivity contribution in [3.63, 3.8) is 0 Å². The molecule has 0 aromatic carbocycles. The molecule has 0 saturated heterocycles. The van der Waals surface area contributed by atoms with E-state index in [0.29, 0.717) is 5.92 Å². The highest BCUT2D eigenvalue weighted by atomic mass is 16.4. The van der Waals surface area contributed by atoms with E-state index in [1.165, 1.54) is 25.7 Å². The van der Waals surface area contributed by atoms with Crippen molar-refractivity contribution in [2.45, 2.75) is 58.9 Å². The number of hydrogen-bond donors (Lipinski definition) is 1. The zero-order chi connectivity index (χ0) is 13.1. The van der Waals surface area contributed by atoms with Gasteiger partial charge in [-0.2, -0.15) is 0 Å². The molecular weight excluding hydrogens is 214 g/mol. The van der Waals surface area contributed by atoms with Crippen LogP contribution in [-0.4, -0.2) is 34.6 Å². The molecule has 0 aromatic rings. The molecule has 1 saturated carbocycles. The summed E-state index contributed by atoms with van der Waals surface area (Å²) in [6, 6.07) is 0. The van der Waals surface area contributed by atoms with E-state index in [1.807, 2.05) is 13.8 Å². The highest BCUT2D eigenvalue weighted by Gasteiger charge is 2.35. The van der Waals surface area contributed by atoms with Gasteiger partial charge in [-0.25, -0.2) is 0 Å². The van der Waals surface area contributed by atoms with Gasteiger partial charge in [0.1, 0.15) is 5.54 Å². The molecule has 1 rings (SSSR count). The molecule has 0 heterocycles. The SMILES string of the molecule is CCN(CC1CCC(C)CC1)C(C)(C)C(=O)O. The fourth-order valence-electron chi connectivity index (χ4n) is 2.71. The number of rotatable bonds is 5. The Morgan fingerprint density at radius 2 is 1.82 bits per heavy atom. The Labute approximate surface area is 105 Å². The molecule has 0 radical (unpaired) electrons. The third-order valence-electron chi connectivity index (χ3n) is 4.31. The largest absolute Gasteiger partial charge is 0.480 e. The zero-order valence-electron chi connectivity index (χ0n) is 11.7. The quantitative estimate of drug-likeness (QED) is 0.804. The molecule has 1 fully saturated rings. The minimum atomic E-state index is -0.738. The van der Waals surface area contributed by atoms with E-state index in [9.17, 15) is 9.90 Å². The molecule has 0 atom stereocenters. The number of likely N-dealkylation sites (N-methyl/N-ethyl adjacent to an activating group) is 1. The van der Waals surface area contributed by atoms with Gasteiger partial charge in [-0.1, -0.05) is 26.7 Å². The molecule has 0 amide bonds. The van der Waals surface area contributed by atoms with Crippen LogP contribution in [0.15, 0.2) is 0 Å². The maximum absolute atomic E-state index is 11.3. The van der Waals surface area contributed by atoms with Gasteiger partial charge in [0.15, 0.2) is 0 Å². The van der Waals surface area contributed by atoms with Crippen molar-refractivity contribution < 1.29 is 9.90 Å². The molecule has 0 aromatic heterocycles. The number of nitrogens with zero attached hydrogens (tertiary/aromatic N) is 1. The summed E-state index contributed by atoms with van der Waals surface area (Å²) in [6.07, 6.45) is 5.12. The first kappa shape index (κ1) is 14.5. The number of aliphatic carboxylic acids is 1. The molecular formula is C14H27NO2. The summed E-state index contributed by atoms with van der Waals surface area (Å²) in [5, 5.41) is 9.27. The summed E-state index contributed by atoms with van der Waals surface area (Å²) in [5.41, 5.74) is -0.738. The van der Waals surface area contributed by atoms with Gasteiger partial charge in [-0.3, -0.25) is 9.69 Å². The Morgan fingerprint density at radius 3 is 2.24 bits per heavy atom. The van der Waals surface area contributed by atoms with Gasteiger partial charge in [0, 0.05) is 6.54 Å². The Morgan fingerprint density at radius 1 is 1.29 bits per heavy atom. The average molecular weight is 241 g/mol. The van der Waals surface area contributed by atoms with Crippen LogP contribution in [0.1, 0.15) is 53.4 Å². The van der Waals surface area contributed by atoms with E-state index in [2.05, 4.69) is 18.7 Å². The summed E-state index contributed by atoms with van der Waals surface area (Å²) in [7, 11) is 0. The van der Waals surface area contributed by atoms with Crippen molar-refractivity contribution in [3.8, 4) is 0 Å². The average Bonchev–Trinajstić information content (AvgIpc) is 2.27. The number of carbonyl (C=O) groups is 1. The van der Waals surface area contributed by atoms with E-state index in [-0.39, 0.29) is 0 Å². The molecule has 1 N–H and O–H groups in total. The fraction of sp³-hybridized carbons (Fsp3) is 0.929. The molecule has 3 heteroatoms. The third kappa shape index (κ3) is 3.70. The second-order valence-corrected chi connectivity index (χ2v) is 6.03. The maximum Gasteiger partial charge on any atom is 0.323 e. The second kappa shape index (κ2) is 5.85. The smallest absolute Gasteiger partial charge is 0.323 e. The number of carboxylic acid groups (broad SMARTS) is 1. The Bertz CT molecular complexity index is 255. The number of hydrogen-bond acceptors (Lipinski definition) is 2. The molecule has 1 aliphatic carbocycles. The maximum atomic E-state index is 11.3. The van der Waals surface area contributed by atoms with Crippen LogP contribution in [0.5, 0.6) is 0 Å². The Kier molecular flexibility index (Phi) is 4.99. The molecule has 100 valence electrons. The van der Waals surface area contributed by atoms with Crippen molar-refractivity contribution in [1.29, 1.82) is 0 Å². The number of carboxylic acids is 1. The molecule has 0 bridgehead atoms. The van der Waals surface area contributed by atoms with Crippen LogP contribution in [0.4, 0.5) is 0 Å². The van der Waals surface area contributed by atoms with Gasteiger partial charge >= 0.3 is 5.97 Å². The molecule has 3 nitrogen and oxygen atoms in total. The van der Waals surface area contributed by atoms with E-state index >= 15 is 0 Å². The van der Waals surface area contributed by atoms with E-state index in [4.69, 9.17) is 0 Å². The van der Waals surface area contributed by atoms with Crippen molar-refractivity contribution in [2.24, 2.45) is 11.8 Å². The van der Waals surface area contributed by atoms with Crippen LogP contribution in [-0.2, 0) is 4.79 Å². The summed E-state index contributed by atoms with van der Waals surface area (Å²) in [6.45, 7) is 9.73. The minimum absolute atomic E-state index is 0.685. The minimum Gasteiger partial charge on any atom is -0.480 e. The topological polar surface area (TPSA) is 40.5 Å². The molecule has 0 spiro atoms. The lowest BCUT2D eigenvalue weighted by Crippen LogP contribution is -2.51. The van der Waals surface area contributed by atoms with E-state index in [0.717, 1.165) is 19.0 Å². The lowest BCUT2D eigenvalue weighted by atomic mass is 9.82. The first-order valence-corrected chi connectivity index (χ1v) is 6.86. The first-order valence-electron chi connectivity index (χ1n) is 6.86. The summed E-state index contributed by atoms with van der Waals surface area (Å²) in [5.74, 6) is 0.821. The normalized spacial score (nSPS) is 26.2. The van der Waals surface area contributed by atoms with Crippen LogP contribution < -0.4 is 0 Å². The summed E-state index contributed by atoms with van der Waals surface area (Å²) >= 11 is 0. The van der Waals surface area contributed by atoms with Gasteiger partial charge in [0.05, 0.1) is 0 Å².